The van der Waals surface area contributed by atoms with Gasteiger partial charge in [-0.25, -0.2) is 0 Å². The molecule has 0 spiro atoms. The van der Waals surface area contributed by atoms with Crippen molar-refractivity contribution in [1.29, 1.82) is 5.26 Å². The molecule has 2 aromatic rings. The number of aryl methyl sites for hydroxylation is 1. The Morgan fingerprint density at radius 3 is 2.62 bits per heavy atom. The van der Waals surface area contributed by atoms with E-state index in [2.05, 4.69) is 37.0 Å². The van der Waals surface area contributed by atoms with Gasteiger partial charge in [0.1, 0.15) is 0 Å². The lowest BCUT2D eigenvalue weighted by Gasteiger charge is -2.08. The van der Waals surface area contributed by atoms with Gasteiger partial charge >= 0.3 is 0 Å². The Hall–Kier alpha value is -1.88. The highest BCUT2D eigenvalue weighted by atomic mass is 14.7. The van der Waals surface area contributed by atoms with E-state index in [1.54, 1.807) is 0 Å². The fraction of sp³-hybridized carbons (Fsp3) is 0.286. The molecule has 2 rings (SSSR count). The first kappa shape index (κ1) is 10.6. The standard InChI is InChI=1S/C14H14N2/c1-9(2)11-4-5-14-13(7-11)12(8-15)6-10(3)16-14/h4-7,9H,1-3H3. The molecule has 80 valence electrons. The van der Waals surface area contributed by atoms with Gasteiger partial charge in [-0.1, -0.05) is 19.9 Å². The molecular formula is C14H14N2. The molecule has 0 N–H and O–H groups in total. The molecule has 0 atom stereocenters. The summed E-state index contributed by atoms with van der Waals surface area (Å²) < 4.78 is 0. The first-order valence-corrected chi connectivity index (χ1v) is 5.43. The largest absolute Gasteiger partial charge is 0.253 e. The van der Waals surface area contributed by atoms with Gasteiger partial charge in [0.05, 0.1) is 17.1 Å². The van der Waals surface area contributed by atoms with Crippen LogP contribution >= 0.6 is 0 Å². The van der Waals surface area contributed by atoms with Gasteiger partial charge in [0, 0.05) is 11.1 Å². The van der Waals surface area contributed by atoms with E-state index in [4.69, 9.17) is 5.26 Å². The highest BCUT2D eigenvalue weighted by molar-refractivity contribution is 5.85. The Labute approximate surface area is 95.6 Å². The van der Waals surface area contributed by atoms with Crippen LogP contribution in [-0.4, -0.2) is 4.98 Å². The van der Waals surface area contributed by atoms with Crippen LogP contribution in [0.5, 0.6) is 0 Å². The Kier molecular flexibility index (Phi) is 2.62. The molecule has 0 saturated carbocycles. The average Bonchev–Trinajstić information content (AvgIpc) is 2.27. The maximum atomic E-state index is 9.11. The molecule has 0 saturated heterocycles. The van der Waals surface area contributed by atoms with Gasteiger partial charge < -0.3 is 0 Å². The van der Waals surface area contributed by atoms with Crippen molar-refractivity contribution in [1.82, 2.24) is 4.98 Å². The molecule has 2 nitrogen and oxygen atoms in total. The lowest BCUT2D eigenvalue weighted by atomic mass is 9.99. The molecule has 0 radical (unpaired) electrons. The summed E-state index contributed by atoms with van der Waals surface area (Å²) in [6, 6.07) is 10.2. The van der Waals surface area contributed by atoms with Crippen molar-refractivity contribution in [3.05, 3.63) is 41.1 Å². The molecule has 0 amide bonds. The normalized spacial score (nSPS) is 10.7. The number of pyridine rings is 1. The summed E-state index contributed by atoms with van der Waals surface area (Å²) >= 11 is 0. The van der Waals surface area contributed by atoms with E-state index in [0.717, 1.165) is 16.6 Å². The third kappa shape index (κ3) is 1.77. The zero-order valence-corrected chi connectivity index (χ0v) is 9.78. The van der Waals surface area contributed by atoms with E-state index in [1.165, 1.54) is 5.56 Å². The summed E-state index contributed by atoms with van der Waals surface area (Å²) in [5, 5.41) is 10.1. The Morgan fingerprint density at radius 1 is 1.25 bits per heavy atom. The summed E-state index contributed by atoms with van der Waals surface area (Å²) in [5.41, 5.74) is 3.75. The average molecular weight is 210 g/mol. The van der Waals surface area contributed by atoms with Gasteiger partial charge in [-0.15, -0.1) is 0 Å². The Balaban J connectivity index is 2.77. The topological polar surface area (TPSA) is 36.7 Å². The van der Waals surface area contributed by atoms with Gasteiger partial charge in [0.25, 0.3) is 0 Å². The highest BCUT2D eigenvalue weighted by Gasteiger charge is 2.06. The summed E-state index contributed by atoms with van der Waals surface area (Å²) in [6.45, 7) is 6.21. The second kappa shape index (κ2) is 3.94. The summed E-state index contributed by atoms with van der Waals surface area (Å²) in [4.78, 5) is 4.43. The number of hydrogen-bond donors (Lipinski definition) is 0. The van der Waals surface area contributed by atoms with Crippen molar-refractivity contribution in [2.45, 2.75) is 26.7 Å². The maximum Gasteiger partial charge on any atom is 0.0999 e. The molecule has 0 unspecified atom stereocenters. The fourth-order valence-corrected chi connectivity index (χ4v) is 1.83. The molecule has 0 bridgehead atoms. The minimum atomic E-state index is 0.470. The molecular weight excluding hydrogens is 196 g/mol. The molecule has 0 aliphatic rings. The van der Waals surface area contributed by atoms with Crippen LogP contribution in [0.15, 0.2) is 24.3 Å². The SMILES string of the molecule is Cc1cc(C#N)c2cc(C(C)C)ccc2n1. The number of rotatable bonds is 1. The number of nitriles is 1. The first-order valence-electron chi connectivity index (χ1n) is 5.43. The Bertz CT molecular complexity index is 577. The zero-order valence-electron chi connectivity index (χ0n) is 9.78. The van der Waals surface area contributed by atoms with Gasteiger partial charge in [-0.05, 0) is 36.6 Å². The minimum absolute atomic E-state index is 0.470. The third-order valence-electron chi connectivity index (χ3n) is 2.75. The second-order valence-electron chi connectivity index (χ2n) is 4.35. The van der Waals surface area contributed by atoms with Gasteiger partial charge in [-0.3, -0.25) is 4.98 Å². The van der Waals surface area contributed by atoms with Crippen molar-refractivity contribution in [2.24, 2.45) is 0 Å². The number of aromatic nitrogens is 1. The van der Waals surface area contributed by atoms with E-state index >= 15 is 0 Å². The highest BCUT2D eigenvalue weighted by Crippen LogP contribution is 2.23. The summed E-state index contributed by atoms with van der Waals surface area (Å²) in [6.07, 6.45) is 0. The smallest absolute Gasteiger partial charge is 0.0999 e. The molecule has 1 aromatic heterocycles. The molecule has 16 heavy (non-hydrogen) atoms. The van der Waals surface area contributed by atoms with Crippen molar-refractivity contribution in [2.75, 3.05) is 0 Å². The van der Waals surface area contributed by atoms with Gasteiger partial charge in [0.2, 0.25) is 0 Å². The third-order valence-corrected chi connectivity index (χ3v) is 2.75. The van der Waals surface area contributed by atoms with E-state index in [1.807, 2.05) is 19.1 Å². The van der Waals surface area contributed by atoms with Crippen molar-refractivity contribution in [3.63, 3.8) is 0 Å². The molecule has 0 aliphatic heterocycles. The van der Waals surface area contributed by atoms with Crippen LogP contribution < -0.4 is 0 Å². The van der Waals surface area contributed by atoms with Crippen LogP contribution in [0.2, 0.25) is 0 Å². The molecule has 0 aliphatic carbocycles. The summed E-state index contributed by atoms with van der Waals surface area (Å²) in [5.74, 6) is 0.470. The van der Waals surface area contributed by atoms with Gasteiger partial charge in [0.15, 0.2) is 0 Å². The van der Waals surface area contributed by atoms with Gasteiger partial charge in [-0.2, -0.15) is 5.26 Å². The van der Waals surface area contributed by atoms with Crippen LogP contribution in [0.4, 0.5) is 0 Å². The molecule has 1 heterocycles. The number of fused-ring (bicyclic) bond motifs is 1. The van der Waals surface area contributed by atoms with E-state index in [9.17, 15) is 0 Å². The number of benzene rings is 1. The predicted octanol–water partition coefficient (Wildman–Crippen LogP) is 3.54. The van der Waals surface area contributed by atoms with Crippen LogP contribution in [0, 0.1) is 18.3 Å². The van der Waals surface area contributed by atoms with Crippen LogP contribution in [0.1, 0.15) is 36.6 Å². The van der Waals surface area contributed by atoms with Crippen LogP contribution in [0.25, 0.3) is 10.9 Å². The number of hydrogen-bond acceptors (Lipinski definition) is 2. The minimum Gasteiger partial charge on any atom is -0.253 e. The lowest BCUT2D eigenvalue weighted by Crippen LogP contribution is -1.92. The predicted molar refractivity (Wildman–Crippen MR) is 65.3 cm³/mol. The Morgan fingerprint density at radius 2 is 2.00 bits per heavy atom. The summed E-state index contributed by atoms with van der Waals surface area (Å²) in [7, 11) is 0. The molecule has 0 fully saturated rings. The van der Waals surface area contributed by atoms with E-state index in [0.29, 0.717) is 11.5 Å². The van der Waals surface area contributed by atoms with Crippen molar-refractivity contribution >= 4 is 10.9 Å². The van der Waals surface area contributed by atoms with Crippen molar-refractivity contribution < 1.29 is 0 Å². The zero-order chi connectivity index (χ0) is 11.7. The second-order valence-corrected chi connectivity index (χ2v) is 4.35. The van der Waals surface area contributed by atoms with E-state index in [-0.39, 0.29) is 0 Å². The monoisotopic (exact) mass is 210 g/mol. The number of nitrogens with zero attached hydrogens (tertiary/aromatic N) is 2. The van der Waals surface area contributed by atoms with Crippen molar-refractivity contribution in [3.8, 4) is 6.07 Å². The van der Waals surface area contributed by atoms with E-state index < -0.39 is 0 Å². The molecule has 1 aromatic carbocycles. The first-order chi connectivity index (χ1) is 7.61. The molecule has 2 heteroatoms. The quantitative estimate of drug-likeness (QED) is 0.721. The van der Waals surface area contributed by atoms with Crippen LogP contribution in [-0.2, 0) is 0 Å². The maximum absolute atomic E-state index is 9.11. The fourth-order valence-electron chi connectivity index (χ4n) is 1.83. The lowest BCUT2D eigenvalue weighted by molar-refractivity contribution is 0.868. The van der Waals surface area contributed by atoms with Crippen LogP contribution in [0.3, 0.4) is 0 Å².